The molecule has 6 N–H and O–H groups in total. The number of aliphatic hydroxyl groups is 4. The summed E-state index contributed by atoms with van der Waals surface area (Å²) >= 11 is 3.98. The summed E-state index contributed by atoms with van der Waals surface area (Å²) in [4.78, 5) is 57.9. The van der Waals surface area contributed by atoms with Gasteiger partial charge in [0.25, 0.3) is 23.6 Å². The van der Waals surface area contributed by atoms with Crippen LogP contribution in [0, 0.1) is 0 Å². The van der Waals surface area contributed by atoms with E-state index in [-0.39, 0.29) is 0 Å². The van der Waals surface area contributed by atoms with Gasteiger partial charge in [0, 0.05) is 25.5 Å². The number of para-hydroxylation sites is 2. The van der Waals surface area contributed by atoms with E-state index in [1.807, 2.05) is 0 Å². The molecule has 0 radical (unpaired) electrons. The first kappa shape index (κ1) is 36.2. The lowest BCUT2D eigenvalue weighted by Gasteiger charge is -2.53. The van der Waals surface area contributed by atoms with Gasteiger partial charge in [-0.05, 0) is 48.3 Å². The van der Waals surface area contributed by atoms with Crippen molar-refractivity contribution in [3.63, 3.8) is 0 Å². The van der Waals surface area contributed by atoms with Gasteiger partial charge >= 0.3 is 0 Å². The summed E-state index contributed by atoms with van der Waals surface area (Å²) in [6.07, 6.45) is 0.477. The molecular formula is C34H40N6O8S4. The monoisotopic (exact) mass is 788 g/mol. The Bertz CT molecular complexity index is 1800. The topological polar surface area (TPSA) is 186 Å². The van der Waals surface area contributed by atoms with E-state index in [1.165, 1.54) is 33.7 Å². The molecule has 4 amide bonds. The molecule has 14 nitrogen and oxygen atoms in total. The van der Waals surface area contributed by atoms with Crippen molar-refractivity contribution in [2.24, 2.45) is 0 Å². The van der Waals surface area contributed by atoms with Crippen LogP contribution < -0.4 is 10.6 Å². The fourth-order valence-electron chi connectivity index (χ4n) is 10.5. The first-order valence-corrected chi connectivity index (χ1v) is 21.4. The number of benzene rings is 2. The largest absolute Gasteiger partial charge is 0.392 e. The molecule has 2 aromatic carbocycles. The van der Waals surface area contributed by atoms with Crippen molar-refractivity contribution in [2.75, 3.05) is 63.0 Å². The van der Waals surface area contributed by atoms with Gasteiger partial charge in [-0.2, -0.15) is 0 Å². The lowest BCUT2D eigenvalue weighted by atomic mass is 9.52. The highest BCUT2D eigenvalue weighted by atomic mass is 32.2. The molecule has 0 bridgehead atoms. The predicted octanol–water partition coefficient (Wildman–Crippen LogP) is -0.0624. The van der Waals surface area contributed by atoms with Gasteiger partial charge in [-0.1, -0.05) is 36.4 Å². The summed E-state index contributed by atoms with van der Waals surface area (Å²) in [6.45, 7) is -1.42. The molecule has 0 saturated carbocycles. The van der Waals surface area contributed by atoms with Gasteiger partial charge in [0.2, 0.25) is 0 Å². The summed E-state index contributed by atoms with van der Waals surface area (Å²) in [5.41, 5.74) is -1.68. The molecule has 2 unspecified atom stereocenters. The van der Waals surface area contributed by atoms with E-state index in [2.05, 4.69) is 10.6 Å². The van der Waals surface area contributed by atoms with Crippen LogP contribution in [0.15, 0.2) is 48.5 Å². The Morgan fingerprint density at radius 3 is 1.25 bits per heavy atom. The quantitative estimate of drug-likeness (QED) is 0.219. The highest BCUT2D eigenvalue weighted by molar-refractivity contribution is 8.02. The minimum Gasteiger partial charge on any atom is -0.392 e. The number of likely N-dealkylation sites (N-methyl/N-ethyl adjacent to an activating group) is 2. The summed E-state index contributed by atoms with van der Waals surface area (Å²) in [6, 6.07) is 14.2. The van der Waals surface area contributed by atoms with Crippen LogP contribution in [-0.2, 0) is 30.0 Å². The fourth-order valence-corrected chi connectivity index (χ4v) is 14.2. The van der Waals surface area contributed by atoms with Crippen molar-refractivity contribution < 1.29 is 39.6 Å². The second kappa shape index (κ2) is 11.3. The zero-order chi connectivity index (χ0) is 37.6. The van der Waals surface area contributed by atoms with Crippen LogP contribution in [0.25, 0.3) is 0 Å². The third-order valence-corrected chi connectivity index (χ3v) is 17.8. The maximum atomic E-state index is 15.2. The number of rotatable bonds is 7. The molecule has 6 aliphatic rings. The molecule has 18 heteroatoms. The van der Waals surface area contributed by atoms with Crippen LogP contribution in [0.2, 0.25) is 0 Å². The molecule has 10 atom stereocenters. The Morgan fingerprint density at radius 2 is 0.942 bits per heavy atom. The molecule has 6 aliphatic heterocycles. The molecule has 0 aromatic heterocycles. The molecule has 4 saturated heterocycles. The number of nitrogens with zero attached hydrogens (tertiary/aromatic N) is 4. The summed E-state index contributed by atoms with van der Waals surface area (Å²) < 4.78 is 0. The number of thioether (sulfide) groups is 4. The highest BCUT2D eigenvalue weighted by Crippen LogP contribution is 2.74. The smallest absolute Gasteiger partial charge is 0.264 e. The fraction of sp³-hybridized carbons (Fsp3) is 0.529. The summed E-state index contributed by atoms with van der Waals surface area (Å²) in [5.74, 6) is -2.52. The lowest BCUT2D eigenvalue weighted by Crippen LogP contribution is -2.76. The molecule has 278 valence electrons. The molecule has 6 heterocycles. The average Bonchev–Trinajstić information content (AvgIpc) is 3.81. The number of piperazine rings is 2. The predicted molar refractivity (Wildman–Crippen MR) is 201 cm³/mol. The Kier molecular flexibility index (Phi) is 7.89. The maximum absolute atomic E-state index is 15.2. The Balaban J connectivity index is 1.53. The van der Waals surface area contributed by atoms with E-state index < -0.39 is 91.7 Å². The second-order valence-electron chi connectivity index (χ2n) is 13.9. The number of amides is 4. The van der Waals surface area contributed by atoms with Crippen molar-refractivity contribution in [1.29, 1.82) is 0 Å². The molecule has 0 aliphatic carbocycles. The van der Waals surface area contributed by atoms with Crippen LogP contribution in [0.4, 0.5) is 11.4 Å². The third-order valence-electron chi connectivity index (χ3n) is 12.9. The normalized spacial score (nSPS) is 41.3. The minimum absolute atomic E-state index is 0.475. The summed E-state index contributed by atoms with van der Waals surface area (Å²) in [7, 11) is 2.87. The molecule has 4 fully saturated rings. The Hall–Kier alpha value is -2.84. The van der Waals surface area contributed by atoms with E-state index >= 15 is 19.2 Å². The van der Waals surface area contributed by atoms with Crippen LogP contribution in [0.1, 0.15) is 11.1 Å². The van der Waals surface area contributed by atoms with E-state index in [4.69, 9.17) is 0 Å². The maximum Gasteiger partial charge on any atom is 0.264 e. The molecular weight excluding hydrogens is 749 g/mol. The Morgan fingerprint density at radius 1 is 0.596 bits per heavy atom. The SMILES string of the molecule is CS[C@@]1(CO)C(=O)N2[C@H]3Nc4ccccc4C3(C34c5ccccc5N[C@@H]3N3C(=O)[C@](CO)(SC)N(C)C(=O)[C@@]3(SC)[C@H]4O)[C@H](O)[C@]2(SC)C(=O)N1C. The number of nitrogens with one attached hydrogen (secondary N) is 2. The zero-order valence-electron chi connectivity index (χ0n) is 29.2. The van der Waals surface area contributed by atoms with E-state index in [0.717, 1.165) is 47.0 Å². The van der Waals surface area contributed by atoms with Crippen molar-refractivity contribution in [3.8, 4) is 0 Å². The number of carbonyl (C=O) groups excluding carboxylic acids is 4. The van der Waals surface area contributed by atoms with Crippen LogP contribution >= 0.6 is 47.0 Å². The van der Waals surface area contributed by atoms with Crippen molar-refractivity contribution in [3.05, 3.63) is 59.7 Å². The van der Waals surface area contributed by atoms with Gasteiger partial charge in [0.1, 0.15) is 24.5 Å². The number of hydrogen-bond donors (Lipinski definition) is 6. The minimum atomic E-state index is -1.99. The van der Waals surface area contributed by atoms with Gasteiger partial charge in [-0.3, -0.25) is 29.0 Å². The summed E-state index contributed by atoms with van der Waals surface area (Å²) in [5, 5.41) is 55.6. The van der Waals surface area contributed by atoms with E-state index in [9.17, 15) is 20.4 Å². The van der Waals surface area contributed by atoms with Crippen molar-refractivity contribution in [2.45, 2.75) is 54.9 Å². The second-order valence-corrected chi connectivity index (χ2v) is 18.1. The number of carbonyl (C=O) groups is 4. The number of fused-ring (bicyclic) bond motifs is 11. The molecule has 8 rings (SSSR count). The standard InChI is InChI=1S/C34H40N6O8S4/c1-37-27(47)33(51-5)21(43)31(17-11-7-9-13-19(17)35-23(31)39(33)25(45)29(37,15-41)49-3)32-18-12-8-10-14-20(18)36-24(32)40-26(46)30(16-42,50-4)38(2)28(48)34(40,52-6)22(32)44/h7-14,21-24,35-36,41-44H,15-16H2,1-6H3/t21-,22-,23+,24+,29-,30-,31?,32?,33-,34-/m0/s1. The third kappa shape index (κ3) is 3.31. The first-order valence-electron chi connectivity index (χ1n) is 16.5. The van der Waals surface area contributed by atoms with Crippen LogP contribution in [0.5, 0.6) is 0 Å². The van der Waals surface area contributed by atoms with Gasteiger partial charge in [0.05, 0.1) is 24.0 Å². The van der Waals surface area contributed by atoms with Gasteiger partial charge in [-0.25, -0.2) is 0 Å². The zero-order valence-corrected chi connectivity index (χ0v) is 32.5. The number of anilines is 2. The first-order chi connectivity index (χ1) is 24.8. The van der Waals surface area contributed by atoms with Crippen LogP contribution in [-0.4, -0.2) is 160 Å². The van der Waals surface area contributed by atoms with Gasteiger partial charge in [0.15, 0.2) is 19.5 Å². The van der Waals surface area contributed by atoms with E-state index in [1.54, 1.807) is 73.6 Å². The number of aliphatic hydroxyl groups excluding tert-OH is 4. The van der Waals surface area contributed by atoms with Gasteiger partial charge < -0.3 is 40.9 Å². The van der Waals surface area contributed by atoms with E-state index in [0.29, 0.717) is 22.5 Å². The molecule has 0 spiro atoms. The van der Waals surface area contributed by atoms with Crippen LogP contribution in [0.3, 0.4) is 0 Å². The van der Waals surface area contributed by atoms with Gasteiger partial charge in [-0.15, -0.1) is 47.0 Å². The highest BCUT2D eigenvalue weighted by Gasteiger charge is 2.91. The molecule has 2 aromatic rings. The number of hydrogen-bond acceptors (Lipinski definition) is 14. The Labute approximate surface area is 317 Å². The average molecular weight is 789 g/mol. The van der Waals surface area contributed by atoms with Crippen molar-refractivity contribution >= 4 is 82.1 Å². The lowest BCUT2D eigenvalue weighted by molar-refractivity contribution is -0.168. The van der Waals surface area contributed by atoms with Crippen molar-refractivity contribution in [1.82, 2.24) is 19.6 Å². The molecule has 52 heavy (non-hydrogen) atoms.